The predicted octanol–water partition coefficient (Wildman–Crippen LogP) is 5.69. The van der Waals surface area contributed by atoms with E-state index in [-0.39, 0.29) is 0 Å². The van der Waals surface area contributed by atoms with Gasteiger partial charge in [-0.2, -0.15) is 0 Å². The molecule has 24 heavy (non-hydrogen) atoms. The average molecular weight is 396 g/mol. The molecule has 4 heteroatoms. The molecule has 1 rings (SSSR count). The fraction of sp³-hybridized carbons (Fsp3) is 0.650. The van der Waals surface area contributed by atoms with Crippen LogP contribution in [0.25, 0.3) is 0 Å². The molecule has 0 aliphatic rings. The Hall–Kier alpha value is -0.807. The van der Waals surface area contributed by atoms with E-state index in [0.717, 1.165) is 0 Å². The SMILES string of the molecule is CCC[CH2][Ge]([CH2]CCC)[CH2]CCC.O=C(O)C(O)c1ccccc1. The maximum atomic E-state index is 10.2. The first-order valence-corrected chi connectivity index (χ1v) is 13.8. The first-order valence-electron chi connectivity index (χ1n) is 9.36. The van der Waals surface area contributed by atoms with Crippen LogP contribution in [0.4, 0.5) is 0 Å². The molecule has 0 aliphatic heterocycles. The van der Waals surface area contributed by atoms with Crippen molar-refractivity contribution >= 4 is 20.3 Å². The van der Waals surface area contributed by atoms with Crippen molar-refractivity contribution in [3.8, 4) is 0 Å². The average Bonchev–Trinajstić information content (AvgIpc) is 2.61. The fourth-order valence-corrected chi connectivity index (χ4v) is 9.38. The number of carbonyl (C=O) groups is 1. The molecule has 1 aromatic carbocycles. The summed E-state index contributed by atoms with van der Waals surface area (Å²) in [4.78, 5) is 10.2. The van der Waals surface area contributed by atoms with E-state index in [1.165, 1.54) is 38.5 Å². The van der Waals surface area contributed by atoms with Crippen molar-refractivity contribution in [3.05, 3.63) is 35.9 Å². The minimum absolute atomic E-state index is 0.403. The van der Waals surface area contributed by atoms with Crippen LogP contribution in [0.3, 0.4) is 0 Å². The van der Waals surface area contributed by atoms with Crippen LogP contribution in [-0.4, -0.2) is 30.5 Å². The standard InChI is InChI=1S/C12H27Ge.C8H8O3/c1-4-7-10-13(11-8-5-2)12-9-6-3;9-7(8(10)11)6-4-2-1-3-5-6/h4-12H2,1-3H3;1-5,7,9H,(H,10,11). The van der Waals surface area contributed by atoms with Crippen LogP contribution in [0, 0.1) is 0 Å². The number of aliphatic hydroxyl groups is 1. The molecule has 1 aromatic rings. The molecule has 2 N–H and O–H groups in total. The van der Waals surface area contributed by atoms with Gasteiger partial charge in [-0.05, 0) is 5.56 Å². The maximum absolute atomic E-state index is 10.2. The number of hydrogen-bond acceptors (Lipinski definition) is 2. The molecule has 0 saturated heterocycles. The molecule has 3 nitrogen and oxygen atoms in total. The zero-order chi connectivity index (χ0) is 18.2. The van der Waals surface area contributed by atoms with Crippen molar-refractivity contribution in [1.29, 1.82) is 0 Å². The van der Waals surface area contributed by atoms with Crippen molar-refractivity contribution < 1.29 is 15.0 Å². The van der Waals surface area contributed by atoms with Crippen LogP contribution < -0.4 is 0 Å². The summed E-state index contributed by atoms with van der Waals surface area (Å²) in [7, 11) is 0. The molecule has 0 saturated carbocycles. The van der Waals surface area contributed by atoms with Gasteiger partial charge in [0, 0.05) is 0 Å². The van der Waals surface area contributed by atoms with E-state index < -0.39 is 26.4 Å². The summed E-state index contributed by atoms with van der Waals surface area (Å²) in [6, 6.07) is 8.26. The zero-order valence-electron chi connectivity index (χ0n) is 15.6. The number of benzene rings is 1. The Morgan fingerprint density at radius 3 is 1.67 bits per heavy atom. The normalized spacial score (nSPS) is 11.7. The largest absolute Gasteiger partial charge is 0.479 e. The van der Waals surface area contributed by atoms with Crippen LogP contribution in [-0.2, 0) is 4.79 Å². The first-order chi connectivity index (χ1) is 11.6. The quantitative estimate of drug-likeness (QED) is 0.473. The van der Waals surface area contributed by atoms with Gasteiger partial charge in [-0.15, -0.1) is 0 Å². The number of carboxylic acid groups (broad SMARTS) is 1. The van der Waals surface area contributed by atoms with Crippen molar-refractivity contribution in [2.24, 2.45) is 0 Å². The van der Waals surface area contributed by atoms with Crippen molar-refractivity contribution in [2.75, 3.05) is 0 Å². The van der Waals surface area contributed by atoms with Crippen LogP contribution in [0.2, 0.25) is 15.8 Å². The fourth-order valence-electron chi connectivity index (χ4n) is 2.43. The van der Waals surface area contributed by atoms with Crippen LogP contribution in [0.1, 0.15) is 71.0 Å². The van der Waals surface area contributed by atoms with Crippen molar-refractivity contribution in [2.45, 2.75) is 81.2 Å². The summed E-state index contributed by atoms with van der Waals surface area (Å²) < 4.78 is 0. The van der Waals surface area contributed by atoms with Gasteiger partial charge >= 0.3 is 95.4 Å². The van der Waals surface area contributed by atoms with E-state index in [1.54, 1.807) is 46.1 Å². The molecule has 137 valence electrons. The van der Waals surface area contributed by atoms with Crippen molar-refractivity contribution in [3.63, 3.8) is 0 Å². The monoisotopic (exact) mass is 397 g/mol. The topological polar surface area (TPSA) is 57.5 Å². The Bertz CT molecular complexity index is 390. The molecule has 0 fully saturated rings. The van der Waals surface area contributed by atoms with Gasteiger partial charge in [0.25, 0.3) is 0 Å². The van der Waals surface area contributed by atoms with Crippen LogP contribution in [0.15, 0.2) is 30.3 Å². The molecule has 0 spiro atoms. The molecule has 1 atom stereocenters. The minimum Gasteiger partial charge on any atom is -0.479 e. The number of rotatable bonds is 11. The Morgan fingerprint density at radius 2 is 1.33 bits per heavy atom. The molecule has 0 aromatic heterocycles. The van der Waals surface area contributed by atoms with Gasteiger partial charge in [0.15, 0.2) is 6.10 Å². The maximum Gasteiger partial charge on any atom is 0.337 e. The summed E-state index contributed by atoms with van der Waals surface area (Å²) >= 11 is -0.552. The molecular weight excluding hydrogens is 361 g/mol. The van der Waals surface area contributed by atoms with Crippen LogP contribution >= 0.6 is 0 Å². The summed E-state index contributed by atoms with van der Waals surface area (Å²) in [5.41, 5.74) is 0.403. The summed E-state index contributed by atoms with van der Waals surface area (Å²) in [6.07, 6.45) is 7.38. The Kier molecular flexibility index (Phi) is 15.2. The number of unbranched alkanes of at least 4 members (excludes halogenated alkanes) is 3. The minimum atomic E-state index is -1.41. The molecule has 0 aliphatic carbocycles. The van der Waals surface area contributed by atoms with Gasteiger partial charge in [0.2, 0.25) is 0 Å². The van der Waals surface area contributed by atoms with Gasteiger partial charge in [-0.3, -0.25) is 0 Å². The van der Waals surface area contributed by atoms with Gasteiger partial charge in [-0.1, -0.05) is 30.3 Å². The Balaban J connectivity index is 0.000000446. The third-order valence-electron chi connectivity index (χ3n) is 4.00. The van der Waals surface area contributed by atoms with Crippen molar-refractivity contribution in [1.82, 2.24) is 0 Å². The molecule has 0 amide bonds. The van der Waals surface area contributed by atoms with Gasteiger partial charge < -0.3 is 10.2 Å². The summed E-state index contributed by atoms with van der Waals surface area (Å²) in [5.74, 6) is -1.23. The van der Waals surface area contributed by atoms with E-state index in [1.807, 2.05) is 0 Å². The van der Waals surface area contributed by atoms with E-state index in [4.69, 9.17) is 10.2 Å². The van der Waals surface area contributed by atoms with Gasteiger partial charge in [-0.25, -0.2) is 4.79 Å². The third-order valence-corrected chi connectivity index (χ3v) is 10.7. The summed E-state index contributed by atoms with van der Waals surface area (Å²) in [6.45, 7) is 6.99. The second-order valence-corrected chi connectivity index (χ2v) is 12.5. The Labute approximate surface area is 152 Å². The van der Waals surface area contributed by atoms with Crippen LogP contribution in [0.5, 0.6) is 0 Å². The predicted molar refractivity (Wildman–Crippen MR) is 104 cm³/mol. The molecule has 0 heterocycles. The van der Waals surface area contributed by atoms with Gasteiger partial charge in [0.1, 0.15) is 0 Å². The molecule has 1 unspecified atom stereocenters. The smallest absolute Gasteiger partial charge is 0.337 e. The number of carboxylic acids is 1. The number of hydrogen-bond donors (Lipinski definition) is 2. The molecular formula is C20H35GeO3. The van der Waals surface area contributed by atoms with E-state index in [2.05, 4.69) is 20.8 Å². The summed E-state index contributed by atoms with van der Waals surface area (Å²) in [5, 5.41) is 22.3. The van der Waals surface area contributed by atoms with E-state index >= 15 is 0 Å². The van der Waals surface area contributed by atoms with E-state index in [9.17, 15) is 4.79 Å². The molecule has 0 bridgehead atoms. The number of aliphatic hydroxyl groups excluding tert-OH is 1. The second-order valence-electron chi connectivity index (χ2n) is 6.21. The zero-order valence-corrected chi connectivity index (χ0v) is 17.7. The van der Waals surface area contributed by atoms with E-state index in [0.29, 0.717) is 5.56 Å². The van der Waals surface area contributed by atoms with Gasteiger partial charge in [0.05, 0.1) is 0 Å². The second kappa shape index (κ2) is 15.7. The third kappa shape index (κ3) is 11.7. The number of aliphatic carboxylic acids is 1. The molecule has 1 radical (unpaired) electrons. The Morgan fingerprint density at radius 1 is 0.917 bits per heavy atom. The first kappa shape index (κ1) is 23.2.